The summed E-state index contributed by atoms with van der Waals surface area (Å²) >= 11 is 0. The Balaban J connectivity index is 1.48. The van der Waals surface area contributed by atoms with Crippen molar-refractivity contribution in [3.8, 4) is 5.75 Å². The molecular weight excluding hydrogens is 464 g/mol. The maximum absolute atomic E-state index is 13.5. The van der Waals surface area contributed by atoms with Crippen LogP contribution in [0.5, 0.6) is 5.75 Å². The van der Waals surface area contributed by atoms with Gasteiger partial charge < -0.3 is 10.1 Å². The average molecular weight is 493 g/mol. The summed E-state index contributed by atoms with van der Waals surface area (Å²) < 4.78 is 29.4. The van der Waals surface area contributed by atoms with Crippen molar-refractivity contribution < 1.29 is 22.7 Å². The van der Waals surface area contributed by atoms with Crippen LogP contribution in [0, 0.1) is 0 Å². The van der Waals surface area contributed by atoms with E-state index in [2.05, 4.69) is 10.3 Å². The molecule has 1 aliphatic rings. The van der Waals surface area contributed by atoms with Crippen LogP contribution >= 0.6 is 0 Å². The Morgan fingerprint density at radius 2 is 1.80 bits per heavy atom. The number of ether oxygens (including phenoxy) is 1. The van der Waals surface area contributed by atoms with E-state index in [1.807, 2.05) is 31.2 Å². The van der Waals surface area contributed by atoms with E-state index in [1.165, 1.54) is 12.1 Å². The largest absolute Gasteiger partial charge is 0.496 e. The summed E-state index contributed by atoms with van der Waals surface area (Å²) in [5.74, 6) is 0.800. The minimum absolute atomic E-state index is 0.0178. The van der Waals surface area contributed by atoms with E-state index in [4.69, 9.17) is 4.74 Å². The number of Topliss-reactive ketones (excluding diaryl/α,β-unsaturated/α-hetero) is 1. The van der Waals surface area contributed by atoms with Gasteiger partial charge in [0, 0.05) is 11.1 Å². The Kier molecular flexibility index (Phi) is 6.76. The Labute approximate surface area is 205 Å². The average Bonchev–Trinajstić information content (AvgIpc) is 2.86. The number of fused-ring (bicyclic) bond motifs is 1. The third-order valence-corrected chi connectivity index (χ3v) is 8.33. The van der Waals surface area contributed by atoms with E-state index >= 15 is 0 Å². The molecular formula is C27H28N2O5S. The normalized spacial score (nSPS) is 17.5. The lowest BCUT2D eigenvalue weighted by Gasteiger charge is -2.34. The van der Waals surface area contributed by atoms with Crippen LogP contribution in [-0.4, -0.2) is 38.0 Å². The van der Waals surface area contributed by atoms with Gasteiger partial charge in [0.15, 0.2) is 15.6 Å². The number of rotatable bonds is 7. The highest BCUT2D eigenvalue weighted by Gasteiger charge is 2.42. The van der Waals surface area contributed by atoms with Crippen molar-refractivity contribution in [1.82, 2.24) is 4.98 Å². The van der Waals surface area contributed by atoms with Crippen molar-refractivity contribution in [2.24, 2.45) is 0 Å². The molecule has 4 rings (SSSR count). The highest BCUT2D eigenvalue weighted by atomic mass is 32.2. The first-order chi connectivity index (χ1) is 16.7. The molecule has 1 N–H and O–H groups in total. The summed E-state index contributed by atoms with van der Waals surface area (Å²) in [5, 5.41) is 2.78. The predicted molar refractivity (Wildman–Crippen MR) is 134 cm³/mol. The van der Waals surface area contributed by atoms with Crippen LogP contribution in [0.3, 0.4) is 0 Å². The van der Waals surface area contributed by atoms with Crippen LogP contribution < -0.4 is 10.1 Å². The second-order valence-electron chi connectivity index (χ2n) is 8.82. The number of hydrogen-bond donors (Lipinski definition) is 1. The molecule has 0 saturated heterocycles. The van der Waals surface area contributed by atoms with Crippen LogP contribution in [0.4, 0.5) is 5.82 Å². The van der Waals surface area contributed by atoms with Gasteiger partial charge in [-0.25, -0.2) is 13.4 Å². The third kappa shape index (κ3) is 4.84. The van der Waals surface area contributed by atoms with Crippen LogP contribution in [0.25, 0.3) is 0 Å². The highest BCUT2D eigenvalue weighted by Crippen LogP contribution is 2.41. The predicted octanol–water partition coefficient (Wildman–Crippen LogP) is 4.15. The number of hydrogen-bond acceptors (Lipinski definition) is 6. The molecule has 0 saturated carbocycles. The molecule has 1 amide bonds. The van der Waals surface area contributed by atoms with Crippen LogP contribution in [0.2, 0.25) is 0 Å². The number of methoxy groups -OCH3 is 1. The molecule has 1 aliphatic carbocycles. The third-order valence-electron chi connectivity index (χ3n) is 6.58. The highest BCUT2D eigenvalue weighted by molar-refractivity contribution is 7.91. The summed E-state index contributed by atoms with van der Waals surface area (Å²) in [7, 11) is -1.68. The minimum Gasteiger partial charge on any atom is -0.496 e. The van der Waals surface area contributed by atoms with E-state index in [1.54, 1.807) is 38.3 Å². The van der Waals surface area contributed by atoms with E-state index in [0.29, 0.717) is 41.2 Å². The lowest BCUT2D eigenvalue weighted by molar-refractivity contribution is -0.115. The van der Waals surface area contributed by atoms with Crippen molar-refractivity contribution in [3.63, 3.8) is 0 Å². The van der Waals surface area contributed by atoms with Crippen LogP contribution in [-0.2, 0) is 32.9 Å². The summed E-state index contributed by atoms with van der Waals surface area (Å²) in [6, 6.07) is 17.2. The second-order valence-corrected chi connectivity index (χ2v) is 11.1. The van der Waals surface area contributed by atoms with Gasteiger partial charge >= 0.3 is 0 Å². The minimum atomic E-state index is -3.28. The molecule has 8 heteroatoms. The van der Waals surface area contributed by atoms with Gasteiger partial charge in [-0.2, -0.15) is 0 Å². The van der Waals surface area contributed by atoms with E-state index in [-0.39, 0.29) is 28.8 Å². The molecule has 0 radical (unpaired) electrons. The Hall–Kier alpha value is -3.52. The zero-order valence-corrected chi connectivity index (χ0v) is 20.8. The van der Waals surface area contributed by atoms with Crippen molar-refractivity contribution >= 4 is 27.3 Å². The topological polar surface area (TPSA) is 102 Å². The number of ketones is 1. The number of anilines is 1. The molecule has 1 atom stereocenters. The van der Waals surface area contributed by atoms with Gasteiger partial charge in [-0.05, 0) is 55.7 Å². The number of pyridine rings is 1. The van der Waals surface area contributed by atoms with Crippen molar-refractivity contribution in [2.75, 3.05) is 18.2 Å². The van der Waals surface area contributed by atoms with Gasteiger partial charge in [0.05, 0.1) is 35.3 Å². The zero-order valence-electron chi connectivity index (χ0n) is 20.0. The van der Waals surface area contributed by atoms with E-state index in [0.717, 1.165) is 5.56 Å². The van der Waals surface area contributed by atoms with Crippen LogP contribution in [0.1, 0.15) is 47.4 Å². The SMILES string of the molecule is CCS(=O)(=O)c1ccc(CC(=O)Nc2ccc3c(n2)CCC(C)(c2ccccc2OC)C3=O)cc1. The molecule has 7 nitrogen and oxygen atoms in total. The zero-order chi connectivity index (χ0) is 25.2. The van der Waals surface area contributed by atoms with Crippen molar-refractivity contribution in [3.05, 3.63) is 83.0 Å². The standard InChI is InChI=1S/C27H28N2O5S/c1-4-35(32,33)19-11-9-18(10-12-19)17-25(30)29-24-14-13-20-22(28-24)15-16-27(2,26(20)31)21-7-5-6-8-23(21)34-3/h5-14H,4,15-17H2,1-3H3,(H,28,29,30). The fraction of sp³-hybridized carbons (Fsp3) is 0.296. The van der Waals surface area contributed by atoms with Gasteiger partial charge in [0.25, 0.3) is 0 Å². The summed E-state index contributed by atoms with van der Waals surface area (Å²) in [4.78, 5) is 30.8. The van der Waals surface area contributed by atoms with Gasteiger partial charge in [-0.3, -0.25) is 9.59 Å². The lowest BCUT2D eigenvalue weighted by Crippen LogP contribution is -2.38. The first-order valence-electron chi connectivity index (χ1n) is 11.5. The number of para-hydroxylation sites is 1. The van der Waals surface area contributed by atoms with Crippen molar-refractivity contribution in [1.29, 1.82) is 0 Å². The molecule has 1 aromatic heterocycles. The molecule has 0 spiro atoms. The summed E-state index contributed by atoms with van der Waals surface area (Å²) in [6.45, 7) is 3.53. The number of aromatic nitrogens is 1. The monoisotopic (exact) mass is 492 g/mol. The molecule has 0 fully saturated rings. The van der Waals surface area contributed by atoms with E-state index in [9.17, 15) is 18.0 Å². The fourth-order valence-electron chi connectivity index (χ4n) is 4.46. The molecule has 2 aromatic carbocycles. The molecule has 0 aliphatic heterocycles. The molecule has 0 bridgehead atoms. The number of carbonyl (C=O) groups excluding carboxylic acids is 2. The van der Waals surface area contributed by atoms with Crippen LogP contribution in [0.15, 0.2) is 65.6 Å². The van der Waals surface area contributed by atoms with Gasteiger partial charge in [0.1, 0.15) is 11.6 Å². The smallest absolute Gasteiger partial charge is 0.229 e. The Morgan fingerprint density at radius 3 is 2.49 bits per heavy atom. The number of aryl methyl sites for hydroxylation is 1. The molecule has 1 unspecified atom stereocenters. The van der Waals surface area contributed by atoms with E-state index < -0.39 is 15.3 Å². The Morgan fingerprint density at radius 1 is 1.09 bits per heavy atom. The number of nitrogens with one attached hydrogen (secondary N) is 1. The summed E-state index contributed by atoms with van der Waals surface area (Å²) in [6.07, 6.45) is 1.25. The first kappa shape index (κ1) is 24.6. The maximum Gasteiger partial charge on any atom is 0.229 e. The number of nitrogens with zero attached hydrogens (tertiary/aromatic N) is 1. The molecule has 1 heterocycles. The number of benzene rings is 2. The Bertz CT molecular complexity index is 1380. The number of carbonyl (C=O) groups is 2. The second kappa shape index (κ2) is 9.62. The maximum atomic E-state index is 13.5. The summed E-state index contributed by atoms with van der Waals surface area (Å²) in [5.41, 5.74) is 2.04. The lowest BCUT2D eigenvalue weighted by atomic mass is 9.68. The number of sulfone groups is 1. The van der Waals surface area contributed by atoms with Gasteiger partial charge in [-0.15, -0.1) is 0 Å². The number of amides is 1. The van der Waals surface area contributed by atoms with Gasteiger partial charge in [0.2, 0.25) is 5.91 Å². The fourth-order valence-corrected chi connectivity index (χ4v) is 5.34. The van der Waals surface area contributed by atoms with Gasteiger partial charge in [-0.1, -0.05) is 37.3 Å². The molecule has 182 valence electrons. The molecule has 3 aromatic rings. The quantitative estimate of drug-likeness (QED) is 0.532. The molecule has 35 heavy (non-hydrogen) atoms. The van der Waals surface area contributed by atoms with Crippen molar-refractivity contribution in [2.45, 2.75) is 43.4 Å². The first-order valence-corrected chi connectivity index (χ1v) is 13.1.